The number of benzene rings is 1. The predicted molar refractivity (Wildman–Crippen MR) is 131 cm³/mol. The Balaban J connectivity index is 1.35. The topological polar surface area (TPSA) is 90.2 Å². The average Bonchev–Trinajstić information content (AvgIpc) is 3.58. The summed E-state index contributed by atoms with van der Waals surface area (Å²) in [5.74, 6) is 1.28. The number of nitrogens with zero attached hydrogens (tertiary/aromatic N) is 4. The molecule has 0 radical (unpaired) electrons. The van der Waals surface area contributed by atoms with Crippen LogP contribution in [-0.4, -0.2) is 38.7 Å². The summed E-state index contributed by atoms with van der Waals surface area (Å²) in [4.78, 5) is 17.9. The molecule has 5 heterocycles. The van der Waals surface area contributed by atoms with Crippen molar-refractivity contribution in [3.05, 3.63) is 54.3 Å². The lowest BCUT2D eigenvalue weighted by Crippen LogP contribution is -2.37. The number of hydrogen-bond acceptors (Lipinski definition) is 6. The molecule has 1 saturated heterocycles. The molecular weight excluding hydrogens is 434 g/mol. The molecule has 0 spiro atoms. The summed E-state index contributed by atoms with van der Waals surface area (Å²) in [5, 5.41) is 8.85. The maximum absolute atomic E-state index is 11.6. The zero-order chi connectivity index (χ0) is 22.5. The zero-order valence-corrected chi connectivity index (χ0v) is 19.0. The minimum absolute atomic E-state index is 0.138. The van der Waals surface area contributed by atoms with Crippen LogP contribution in [0.5, 0.6) is 0 Å². The van der Waals surface area contributed by atoms with Crippen LogP contribution in [0.25, 0.3) is 43.5 Å². The molecule has 8 heteroatoms. The molecule has 1 aliphatic heterocycles. The highest BCUT2D eigenvalue weighted by molar-refractivity contribution is 7.17. The summed E-state index contributed by atoms with van der Waals surface area (Å²) in [6, 6.07) is 10.8. The highest BCUT2D eigenvalue weighted by atomic mass is 32.1. The third kappa shape index (κ3) is 3.47. The van der Waals surface area contributed by atoms with E-state index in [-0.39, 0.29) is 11.9 Å². The van der Waals surface area contributed by atoms with Crippen molar-refractivity contribution < 1.29 is 9.21 Å². The van der Waals surface area contributed by atoms with Crippen molar-refractivity contribution in [3.8, 4) is 22.5 Å². The van der Waals surface area contributed by atoms with Gasteiger partial charge in [0.15, 0.2) is 11.4 Å². The smallest absolute Gasteiger partial charge is 0.219 e. The van der Waals surface area contributed by atoms with Gasteiger partial charge in [-0.25, -0.2) is 4.98 Å². The van der Waals surface area contributed by atoms with E-state index in [0.717, 1.165) is 53.8 Å². The van der Waals surface area contributed by atoms with Crippen LogP contribution in [0.15, 0.2) is 58.7 Å². The molecule has 1 aliphatic rings. The molecule has 0 unspecified atom stereocenters. The summed E-state index contributed by atoms with van der Waals surface area (Å²) in [6.07, 6.45) is 7.52. The number of likely N-dealkylation sites (tertiary alicyclic amines) is 1. The van der Waals surface area contributed by atoms with Crippen LogP contribution in [0, 0.1) is 0 Å². The van der Waals surface area contributed by atoms with Gasteiger partial charge >= 0.3 is 0 Å². The van der Waals surface area contributed by atoms with Gasteiger partial charge in [-0.3, -0.25) is 9.48 Å². The number of hydrogen-bond donors (Lipinski definition) is 1. The molecule has 0 saturated carbocycles. The van der Waals surface area contributed by atoms with Crippen LogP contribution in [0.2, 0.25) is 0 Å². The van der Waals surface area contributed by atoms with E-state index in [1.165, 1.54) is 10.1 Å². The molecule has 6 rings (SSSR count). The number of piperidine rings is 1. The third-order valence-electron chi connectivity index (χ3n) is 6.52. The third-order valence-corrected chi connectivity index (χ3v) is 7.42. The van der Waals surface area contributed by atoms with Crippen molar-refractivity contribution in [2.24, 2.45) is 0 Å². The van der Waals surface area contributed by atoms with E-state index < -0.39 is 0 Å². The fourth-order valence-corrected chi connectivity index (χ4v) is 5.43. The molecule has 4 aromatic heterocycles. The zero-order valence-electron chi connectivity index (χ0n) is 18.2. The van der Waals surface area contributed by atoms with Gasteiger partial charge in [-0.05, 0) is 53.9 Å². The van der Waals surface area contributed by atoms with Gasteiger partial charge in [0.1, 0.15) is 5.76 Å². The molecule has 1 fully saturated rings. The van der Waals surface area contributed by atoms with Crippen molar-refractivity contribution >= 4 is 44.1 Å². The second-order valence-electron chi connectivity index (χ2n) is 8.53. The first-order valence-electron chi connectivity index (χ1n) is 11.0. The largest absolute Gasteiger partial charge is 0.452 e. The van der Waals surface area contributed by atoms with Gasteiger partial charge in [0.05, 0.1) is 12.2 Å². The van der Waals surface area contributed by atoms with Gasteiger partial charge in [-0.2, -0.15) is 5.10 Å². The molecule has 166 valence electrons. The Morgan fingerprint density at radius 1 is 1.15 bits per heavy atom. The summed E-state index contributed by atoms with van der Waals surface area (Å²) in [7, 11) is 0. The highest BCUT2D eigenvalue weighted by Crippen LogP contribution is 2.38. The van der Waals surface area contributed by atoms with Crippen LogP contribution in [-0.2, 0) is 4.79 Å². The first kappa shape index (κ1) is 20.0. The Hall–Kier alpha value is -3.65. The fourth-order valence-electron chi connectivity index (χ4n) is 4.66. The molecule has 5 aromatic rings. The Labute approximate surface area is 194 Å². The minimum atomic E-state index is 0.138. The molecule has 2 N–H and O–H groups in total. The number of thiophene rings is 1. The second-order valence-corrected chi connectivity index (χ2v) is 9.48. The van der Waals surface area contributed by atoms with E-state index in [1.54, 1.807) is 24.5 Å². The van der Waals surface area contributed by atoms with E-state index in [2.05, 4.69) is 45.9 Å². The molecule has 1 aromatic carbocycles. The Morgan fingerprint density at radius 2 is 2.00 bits per heavy atom. The first-order chi connectivity index (χ1) is 16.1. The second kappa shape index (κ2) is 7.74. The summed E-state index contributed by atoms with van der Waals surface area (Å²) in [6.45, 7) is 3.16. The van der Waals surface area contributed by atoms with Gasteiger partial charge in [-0.15, -0.1) is 11.3 Å². The quantitative estimate of drug-likeness (QED) is 0.395. The monoisotopic (exact) mass is 457 g/mol. The number of anilines is 1. The SMILES string of the molecule is CC(=O)N1CCC(n2cc(-c3cnc(N)c4oc(-c5ccc6sccc6c5)cc34)cn2)CC1. The number of amides is 1. The molecule has 0 atom stereocenters. The molecule has 1 amide bonds. The van der Waals surface area contributed by atoms with Crippen LogP contribution < -0.4 is 5.73 Å². The van der Waals surface area contributed by atoms with Gasteiger partial charge in [0.2, 0.25) is 5.91 Å². The van der Waals surface area contributed by atoms with Crippen molar-refractivity contribution in [1.82, 2.24) is 19.7 Å². The molecule has 33 heavy (non-hydrogen) atoms. The van der Waals surface area contributed by atoms with E-state index in [9.17, 15) is 4.79 Å². The number of aromatic nitrogens is 3. The summed E-state index contributed by atoms with van der Waals surface area (Å²) >= 11 is 1.72. The molecule has 0 aliphatic carbocycles. The predicted octanol–water partition coefficient (Wildman–Crippen LogP) is 5.34. The number of carbonyl (C=O) groups excluding carboxylic acids is 1. The van der Waals surface area contributed by atoms with E-state index in [4.69, 9.17) is 10.2 Å². The van der Waals surface area contributed by atoms with Gasteiger partial charge in [0, 0.05) is 59.2 Å². The number of nitrogen functional groups attached to an aromatic ring is 1. The lowest BCUT2D eigenvalue weighted by molar-refractivity contribution is -0.130. The maximum atomic E-state index is 11.6. The Morgan fingerprint density at radius 3 is 2.82 bits per heavy atom. The van der Waals surface area contributed by atoms with E-state index in [1.807, 2.05) is 21.8 Å². The van der Waals surface area contributed by atoms with Crippen LogP contribution in [0.3, 0.4) is 0 Å². The summed E-state index contributed by atoms with van der Waals surface area (Å²) in [5.41, 5.74) is 9.69. The Kier molecular flexibility index (Phi) is 4.69. The fraction of sp³-hybridized carbons (Fsp3) is 0.240. The standard InChI is InChI=1S/C25H23N5O2S/c1-15(31)29-7-4-19(5-8-29)30-14-18(12-28-30)21-13-27-25(26)24-20(21)11-22(32-24)16-2-3-23-17(10-16)6-9-33-23/h2-3,6,9-14,19H,4-5,7-8H2,1H3,(H2,26,27). The summed E-state index contributed by atoms with van der Waals surface area (Å²) < 4.78 is 9.44. The van der Waals surface area contributed by atoms with Crippen molar-refractivity contribution in [2.45, 2.75) is 25.8 Å². The van der Waals surface area contributed by atoms with Crippen molar-refractivity contribution in [1.29, 1.82) is 0 Å². The lowest BCUT2D eigenvalue weighted by Gasteiger charge is -2.31. The normalized spacial score (nSPS) is 15.0. The molecule has 7 nitrogen and oxygen atoms in total. The number of pyridine rings is 1. The first-order valence-corrected chi connectivity index (χ1v) is 11.9. The van der Waals surface area contributed by atoms with Gasteiger partial charge < -0.3 is 15.1 Å². The Bertz CT molecular complexity index is 1490. The van der Waals surface area contributed by atoms with E-state index in [0.29, 0.717) is 11.4 Å². The highest BCUT2D eigenvalue weighted by Gasteiger charge is 2.23. The van der Waals surface area contributed by atoms with Crippen LogP contribution in [0.4, 0.5) is 5.82 Å². The number of fused-ring (bicyclic) bond motifs is 2. The minimum Gasteiger partial charge on any atom is -0.452 e. The number of carbonyl (C=O) groups is 1. The number of furan rings is 1. The van der Waals surface area contributed by atoms with E-state index >= 15 is 0 Å². The van der Waals surface area contributed by atoms with Crippen LogP contribution in [0.1, 0.15) is 25.8 Å². The van der Waals surface area contributed by atoms with Gasteiger partial charge in [-0.1, -0.05) is 0 Å². The number of rotatable bonds is 3. The van der Waals surface area contributed by atoms with Crippen LogP contribution >= 0.6 is 11.3 Å². The van der Waals surface area contributed by atoms with Crippen molar-refractivity contribution in [3.63, 3.8) is 0 Å². The van der Waals surface area contributed by atoms with Gasteiger partial charge in [0.25, 0.3) is 0 Å². The molecule has 0 bridgehead atoms. The van der Waals surface area contributed by atoms with Crippen molar-refractivity contribution in [2.75, 3.05) is 18.8 Å². The molecular formula is C25H23N5O2S. The number of nitrogens with two attached hydrogens (primary N) is 1. The lowest BCUT2D eigenvalue weighted by atomic mass is 10.0. The average molecular weight is 458 g/mol. The maximum Gasteiger partial charge on any atom is 0.219 e.